The molecule has 2 amide bonds. The van der Waals surface area contributed by atoms with Crippen molar-refractivity contribution in [1.82, 2.24) is 10.2 Å². The maximum absolute atomic E-state index is 11.9. The van der Waals surface area contributed by atoms with Gasteiger partial charge in [-0.3, -0.25) is 14.5 Å². The zero-order valence-electron chi connectivity index (χ0n) is 14.0. The number of hydrogen-bond donors (Lipinski definition) is 2. The minimum Gasteiger partial charge on any atom is -0.355 e. The van der Waals surface area contributed by atoms with Gasteiger partial charge in [0, 0.05) is 12.2 Å². The predicted molar refractivity (Wildman–Crippen MR) is 89.8 cm³/mol. The topological polar surface area (TPSA) is 61.4 Å². The minimum atomic E-state index is -0.124. The Morgan fingerprint density at radius 3 is 2.27 bits per heavy atom. The number of aryl methyl sites for hydroxylation is 1. The molecule has 0 bridgehead atoms. The van der Waals surface area contributed by atoms with Gasteiger partial charge in [-0.05, 0) is 38.4 Å². The molecule has 1 aromatic carbocycles. The summed E-state index contributed by atoms with van der Waals surface area (Å²) in [6, 6.07) is 7.63. The number of nitrogens with one attached hydrogen (secondary N) is 2. The summed E-state index contributed by atoms with van der Waals surface area (Å²) >= 11 is 0. The van der Waals surface area contributed by atoms with Crippen molar-refractivity contribution < 1.29 is 9.59 Å². The average molecular weight is 305 g/mol. The van der Waals surface area contributed by atoms with Crippen LogP contribution < -0.4 is 10.6 Å². The van der Waals surface area contributed by atoms with Gasteiger partial charge in [0.15, 0.2) is 0 Å². The normalized spacial score (nSPS) is 10.8. The molecule has 0 saturated carbocycles. The van der Waals surface area contributed by atoms with Crippen LogP contribution in [0.15, 0.2) is 24.3 Å². The first-order valence-electron chi connectivity index (χ1n) is 7.68. The molecule has 122 valence electrons. The summed E-state index contributed by atoms with van der Waals surface area (Å²) in [5.74, 6) is 0.394. The van der Waals surface area contributed by atoms with Crippen LogP contribution in [0.4, 0.5) is 5.69 Å². The molecule has 1 aromatic rings. The monoisotopic (exact) mass is 305 g/mol. The maximum atomic E-state index is 11.9. The summed E-state index contributed by atoms with van der Waals surface area (Å²) in [7, 11) is 1.76. The van der Waals surface area contributed by atoms with Crippen LogP contribution in [0.5, 0.6) is 0 Å². The van der Waals surface area contributed by atoms with E-state index in [4.69, 9.17) is 0 Å². The molecule has 22 heavy (non-hydrogen) atoms. The molecular weight excluding hydrogens is 278 g/mol. The maximum Gasteiger partial charge on any atom is 0.238 e. The molecule has 0 heterocycles. The van der Waals surface area contributed by atoms with Crippen molar-refractivity contribution in [1.29, 1.82) is 0 Å². The molecule has 0 fully saturated rings. The van der Waals surface area contributed by atoms with Crippen LogP contribution in [0.2, 0.25) is 0 Å². The predicted octanol–water partition coefficient (Wildman–Crippen LogP) is 2.03. The van der Waals surface area contributed by atoms with Gasteiger partial charge in [-0.15, -0.1) is 0 Å². The van der Waals surface area contributed by atoms with Crippen LogP contribution in [0.3, 0.4) is 0 Å². The molecule has 0 radical (unpaired) electrons. The molecule has 0 spiro atoms. The highest BCUT2D eigenvalue weighted by Gasteiger charge is 2.10. The Morgan fingerprint density at radius 1 is 1.09 bits per heavy atom. The lowest BCUT2D eigenvalue weighted by molar-refractivity contribution is -0.122. The van der Waals surface area contributed by atoms with Crippen molar-refractivity contribution in [3.63, 3.8) is 0 Å². The Labute approximate surface area is 133 Å². The Hall–Kier alpha value is -1.88. The number of carbonyl (C=O) groups is 2. The standard InChI is InChI=1S/C17H27N3O2/c1-13(2)9-10-18-16(21)11-20(4)12-17(22)19-15-7-5-14(3)6-8-15/h5-8,13H,9-12H2,1-4H3,(H,18,21)(H,19,22). The zero-order chi connectivity index (χ0) is 16.5. The average Bonchev–Trinajstić information content (AvgIpc) is 2.40. The molecule has 0 aliphatic carbocycles. The van der Waals surface area contributed by atoms with Crippen molar-refractivity contribution in [3.05, 3.63) is 29.8 Å². The zero-order valence-corrected chi connectivity index (χ0v) is 14.0. The number of rotatable bonds is 8. The summed E-state index contributed by atoms with van der Waals surface area (Å²) in [5, 5.41) is 5.68. The number of nitrogens with zero attached hydrogens (tertiary/aromatic N) is 1. The Balaban J connectivity index is 2.28. The number of benzene rings is 1. The second kappa shape index (κ2) is 9.20. The fraction of sp³-hybridized carbons (Fsp3) is 0.529. The highest BCUT2D eigenvalue weighted by molar-refractivity contribution is 5.92. The number of amides is 2. The highest BCUT2D eigenvalue weighted by Crippen LogP contribution is 2.08. The van der Waals surface area contributed by atoms with Gasteiger partial charge in [0.2, 0.25) is 11.8 Å². The second-order valence-electron chi connectivity index (χ2n) is 6.12. The van der Waals surface area contributed by atoms with Gasteiger partial charge in [-0.1, -0.05) is 31.5 Å². The van der Waals surface area contributed by atoms with E-state index < -0.39 is 0 Å². The number of hydrogen-bond acceptors (Lipinski definition) is 3. The molecule has 1 rings (SSSR count). The third-order valence-corrected chi connectivity index (χ3v) is 3.21. The van der Waals surface area contributed by atoms with Crippen molar-refractivity contribution in [2.24, 2.45) is 5.92 Å². The van der Waals surface area contributed by atoms with Crippen molar-refractivity contribution in [2.75, 3.05) is 32.0 Å². The Kier molecular flexibility index (Phi) is 7.60. The lowest BCUT2D eigenvalue weighted by atomic mass is 10.1. The van der Waals surface area contributed by atoms with E-state index in [1.165, 1.54) is 0 Å². The quantitative estimate of drug-likeness (QED) is 0.772. The molecule has 5 nitrogen and oxygen atoms in total. The molecule has 0 saturated heterocycles. The molecule has 0 aliphatic rings. The van der Waals surface area contributed by atoms with E-state index in [1.807, 2.05) is 31.2 Å². The summed E-state index contributed by atoms with van der Waals surface area (Å²) in [4.78, 5) is 25.3. The van der Waals surface area contributed by atoms with Crippen molar-refractivity contribution >= 4 is 17.5 Å². The molecule has 0 unspecified atom stereocenters. The number of likely N-dealkylation sites (N-methyl/N-ethyl adjacent to an activating group) is 1. The van der Waals surface area contributed by atoms with E-state index in [0.29, 0.717) is 12.5 Å². The van der Waals surface area contributed by atoms with E-state index in [0.717, 1.165) is 17.7 Å². The van der Waals surface area contributed by atoms with Crippen LogP contribution in [-0.2, 0) is 9.59 Å². The smallest absolute Gasteiger partial charge is 0.238 e. The van der Waals surface area contributed by atoms with Gasteiger partial charge in [0.25, 0.3) is 0 Å². The number of anilines is 1. The third kappa shape index (κ3) is 7.78. The fourth-order valence-corrected chi connectivity index (χ4v) is 1.94. The summed E-state index contributed by atoms with van der Waals surface area (Å²) < 4.78 is 0. The fourth-order valence-electron chi connectivity index (χ4n) is 1.94. The molecule has 5 heteroatoms. The number of carbonyl (C=O) groups excluding carboxylic acids is 2. The lowest BCUT2D eigenvalue weighted by Crippen LogP contribution is -2.39. The van der Waals surface area contributed by atoms with E-state index in [1.54, 1.807) is 11.9 Å². The Bertz CT molecular complexity index is 483. The van der Waals surface area contributed by atoms with E-state index in [-0.39, 0.29) is 24.9 Å². The first-order chi connectivity index (χ1) is 10.4. The second-order valence-corrected chi connectivity index (χ2v) is 6.12. The van der Waals surface area contributed by atoms with Crippen molar-refractivity contribution in [2.45, 2.75) is 27.2 Å². The molecular formula is C17H27N3O2. The molecule has 0 aliphatic heterocycles. The SMILES string of the molecule is Cc1ccc(NC(=O)CN(C)CC(=O)NCCC(C)C)cc1. The van der Waals surface area contributed by atoms with Crippen LogP contribution >= 0.6 is 0 Å². The summed E-state index contributed by atoms with van der Waals surface area (Å²) in [6.07, 6.45) is 0.962. The highest BCUT2D eigenvalue weighted by atomic mass is 16.2. The van der Waals surface area contributed by atoms with Crippen molar-refractivity contribution in [3.8, 4) is 0 Å². The Morgan fingerprint density at radius 2 is 1.68 bits per heavy atom. The lowest BCUT2D eigenvalue weighted by Gasteiger charge is -2.16. The van der Waals surface area contributed by atoms with Gasteiger partial charge in [0.05, 0.1) is 13.1 Å². The summed E-state index contributed by atoms with van der Waals surface area (Å²) in [6.45, 7) is 7.32. The first kappa shape index (κ1) is 18.2. The van der Waals surface area contributed by atoms with E-state index in [9.17, 15) is 9.59 Å². The van der Waals surface area contributed by atoms with E-state index in [2.05, 4.69) is 24.5 Å². The van der Waals surface area contributed by atoms with E-state index >= 15 is 0 Å². The molecule has 0 atom stereocenters. The minimum absolute atomic E-state index is 0.0497. The van der Waals surface area contributed by atoms with Gasteiger partial charge < -0.3 is 10.6 Å². The largest absolute Gasteiger partial charge is 0.355 e. The van der Waals surface area contributed by atoms with Crippen LogP contribution in [0, 0.1) is 12.8 Å². The van der Waals surface area contributed by atoms with Gasteiger partial charge >= 0.3 is 0 Å². The summed E-state index contributed by atoms with van der Waals surface area (Å²) in [5.41, 5.74) is 1.92. The van der Waals surface area contributed by atoms with Crippen LogP contribution in [0.1, 0.15) is 25.8 Å². The first-order valence-corrected chi connectivity index (χ1v) is 7.68. The van der Waals surface area contributed by atoms with Gasteiger partial charge in [-0.25, -0.2) is 0 Å². The van der Waals surface area contributed by atoms with Gasteiger partial charge in [0.1, 0.15) is 0 Å². The van der Waals surface area contributed by atoms with Gasteiger partial charge in [-0.2, -0.15) is 0 Å². The molecule has 2 N–H and O–H groups in total. The van der Waals surface area contributed by atoms with Crippen LogP contribution in [-0.4, -0.2) is 43.4 Å². The van der Waals surface area contributed by atoms with Crippen LogP contribution in [0.25, 0.3) is 0 Å². The third-order valence-electron chi connectivity index (χ3n) is 3.21. The molecule has 0 aromatic heterocycles.